The van der Waals surface area contributed by atoms with Crippen LogP contribution < -0.4 is 5.32 Å². The molecule has 2 aromatic heterocycles. The first kappa shape index (κ1) is 16.5. The van der Waals surface area contributed by atoms with Gasteiger partial charge in [0.15, 0.2) is 5.82 Å². The van der Waals surface area contributed by atoms with Crippen molar-refractivity contribution >= 4 is 6.03 Å². The van der Waals surface area contributed by atoms with Gasteiger partial charge in [0.1, 0.15) is 11.9 Å². The number of likely N-dealkylation sites (tertiary alicyclic amines) is 1. The van der Waals surface area contributed by atoms with Crippen LogP contribution in [0.5, 0.6) is 0 Å². The van der Waals surface area contributed by atoms with Gasteiger partial charge in [-0.3, -0.25) is 0 Å². The summed E-state index contributed by atoms with van der Waals surface area (Å²) in [6.07, 6.45) is 3.64. The van der Waals surface area contributed by atoms with Gasteiger partial charge in [0, 0.05) is 32.0 Å². The van der Waals surface area contributed by atoms with E-state index >= 15 is 0 Å². The molecule has 1 fully saturated rings. The number of amides is 2. The Hall–Kier alpha value is -2.35. The van der Waals surface area contributed by atoms with Crippen LogP contribution in [-0.2, 0) is 6.42 Å². The molecule has 2 atom stereocenters. The van der Waals surface area contributed by atoms with Crippen molar-refractivity contribution in [1.29, 1.82) is 0 Å². The molecule has 0 aliphatic carbocycles. The summed E-state index contributed by atoms with van der Waals surface area (Å²) in [7, 11) is 0. The maximum atomic E-state index is 12.4. The summed E-state index contributed by atoms with van der Waals surface area (Å²) in [6.45, 7) is 2.89. The Morgan fingerprint density at radius 2 is 2.46 bits per heavy atom. The summed E-state index contributed by atoms with van der Waals surface area (Å²) in [6, 6.07) is 3.38. The highest BCUT2D eigenvalue weighted by molar-refractivity contribution is 5.74. The van der Waals surface area contributed by atoms with Gasteiger partial charge in [0.25, 0.3) is 0 Å². The number of urea groups is 1. The molecule has 0 bridgehead atoms. The van der Waals surface area contributed by atoms with E-state index in [4.69, 9.17) is 8.94 Å². The van der Waals surface area contributed by atoms with Crippen LogP contribution in [-0.4, -0.2) is 45.3 Å². The lowest BCUT2D eigenvalue weighted by Crippen LogP contribution is -2.43. The van der Waals surface area contributed by atoms with E-state index < -0.39 is 6.10 Å². The fourth-order valence-electron chi connectivity index (χ4n) is 3.02. The number of rotatable bonds is 6. The maximum absolute atomic E-state index is 12.4. The molecular weight excluding hydrogens is 312 g/mol. The zero-order chi connectivity index (χ0) is 16.9. The van der Waals surface area contributed by atoms with Crippen molar-refractivity contribution in [2.75, 3.05) is 13.1 Å². The van der Waals surface area contributed by atoms with Crippen LogP contribution in [0.1, 0.15) is 42.8 Å². The Balaban J connectivity index is 1.48. The first-order valence-electron chi connectivity index (χ1n) is 8.18. The van der Waals surface area contributed by atoms with Crippen LogP contribution in [0.25, 0.3) is 0 Å². The summed E-state index contributed by atoms with van der Waals surface area (Å²) < 4.78 is 10.2. The van der Waals surface area contributed by atoms with E-state index in [-0.39, 0.29) is 12.1 Å². The summed E-state index contributed by atoms with van der Waals surface area (Å²) in [5.74, 6) is 1.64. The number of carbonyl (C=O) groups excluding carboxylic acids is 1. The van der Waals surface area contributed by atoms with Crippen LogP contribution in [0.2, 0.25) is 0 Å². The van der Waals surface area contributed by atoms with Crippen molar-refractivity contribution in [2.24, 2.45) is 0 Å². The fourth-order valence-corrected chi connectivity index (χ4v) is 3.02. The predicted molar refractivity (Wildman–Crippen MR) is 84.2 cm³/mol. The maximum Gasteiger partial charge on any atom is 0.317 e. The molecule has 8 nitrogen and oxygen atoms in total. The van der Waals surface area contributed by atoms with Crippen molar-refractivity contribution in [2.45, 2.75) is 44.8 Å². The standard InChI is InChI=1S/C16H22N4O4/c1-11-18-15(24-19-11)6-7-17-16(22)20-8-2-4-12(20)10-13(21)14-5-3-9-23-14/h3,5,9,12-13,21H,2,4,6-8,10H2,1H3,(H,17,22). The molecule has 0 saturated carbocycles. The van der Waals surface area contributed by atoms with Crippen LogP contribution in [0, 0.1) is 6.92 Å². The van der Waals surface area contributed by atoms with Crippen molar-refractivity contribution in [3.63, 3.8) is 0 Å². The molecule has 130 valence electrons. The number of aryl methyl sites for hydroxylation is 1. The van der Waals surface area contributed by atoms with Crippen LogP contribution in [0.4, 0.5) is 4.79 Å². The molecule has 0 spiro atoms. The van der Waals surface area contributed by atoms with Gasteiger partial charge in [-0.05, 0) is 31.9 Å². The Labute approximate surface area is 139 Å². The van der Waals surface area contributed by atoms with Gasteiger partial charge in [-0.1, -0.05) is 5.16 Å². The second-order valence-electron chi connectivity index (χ2n) is 5.97. The molecule has 0 aromatic carbocycles. The number of nitrogens with zero attached hydrogens (tertiary/aromatic N) is 3. The van der Waals surface area contributed by atoms with Gasteiger partial charge in [-0.2, -0.15) is 4.98 Å². The van der Waals surface area contributed by atoms with E-state index in [0.29, 0.717) is 43.4 Å². The lowest BCUT2D eigenvalue weighted by molar-refractivity contribution is 0.108. The topological polar surface area (TPSA) is 105 Å². The third-order valence-corrected chi connectivity index (χ3v) is 4.19. The molecule has 8 heteroatoms. The molecule has 3 heterocycles. The fraction of sp³-hybridized carbons (Fsp3) is 0.562. The summed E-state index contributed by atoms with van der Waals surface area (Å²) in [5, 5.41) is 16.8. The van der Waals surface area contributed by atoms with E-state index in [2.05, 4.69) is 15.5 Å². The van der Waals surface area contributed by atoms with Gasteiger partial charge in [0.2, 0.25) is 5.89 Å². The number of nitrogens with one attached hydrogen (secondary N) is 1. The number of aliphatic hydroxyl groups is 1. The first-order valence-corrected chi connectivity index (χ1v) is 8.18. The van der Waals surface area contributed by atoms with Crippen molar-refractivity contribution in [3.05, 3.63) is 35.9 Å². The van der Waals surface area contributed by atoms with E-state index in [0.717, 1.165) is 12.8 Å². The molecule has 1 saturated heterocycles. The minimum absolute atomic E-state index is 0.00995. The molecule has 24 heavy (non-hydrogen) atoms. The van der Waals surface area contributed by atoms with Gasteiger partial charge >= 0.3 is 6.03 Å². The van der Waals surface area contributed by atoms with Crippen molar-refractivity contribution in [3.8, 4) is 0 Å². The lowest BCUT2D eigenvalue weighted by atomic mass is 10.1. The number of hydrogen-bond donors (Lipinski definition) is 2. The van der Waals surface area contributed by atoms with Crippen LogP contribution in [0.15, 0.2) is 27.3 Å². The predicted octanol–water partition coefficient (Wildman–Crippen LogP) is 1.81. The number of hydrogen-bond acceptors (Lipinski definition) is 6. The molecule has 2 amide bonds. The Kier molecular flexibility index (Phi) is 5.14. The highest BCUT2D eigenvalue weighted by Crippen LogP contribution is 2.27. The summed E-state index contributed by atoms with van der Waals surface area (Å²) >= 11 is 0. The van der Waals surface area contributed by atoms with Gasteiger partial charge in [-0.15, -0.1) is 0 Å². The normalized spacial score (nSPS) is 18.8. The molecule has 1 aliphatic heterocycles. The molecule has 2 unspecified atom stereocenters. The van der Waals surface area contributed by atoms with Crippen LogP contribution >= 0.6 is 0 Å². The highest BCUT2D eigenvalue weighted by Gasteiger charge is 2.31. The van der Waals surface area contributed by atoms with Crippen molar-refractivity contribution < 1.29 is 18.8 Å². The van der Waals surface area contributed by atoms with E-state index in [1.165, 1.54) is 6.26 Å². The van der Waals surface area contributed by atoms with Gasteiger partial charge < -0.3 is 24.3 Å². The van der Waals surface area contributed by atoms with E-state index in [9.17, 15) is 9.90 Å². The van der Waals surface area contributed by atoms with Crippen molar-refractivity contribution in [1.82, 2.24) is 20.4 Å². The molecule has 0 radical (unpaired) electrons. The average molecular weight is 334 g/mol. The highest BCUT2D eigenvalue weighted by atomic mass is 16.5. The summed E-state index contributed by atoms with van der Waals surface area (Å²) in [5.41, 5.74) is 0. The van der Waals surface area contributed by atoms with Gasteiger partial charge in [0.05, 0.1) is 6.26 Å². The smallest absolute Gasteiger partial charge is 0.317 e. The molecule has 1 aliphatic rings. The first-order chi connectivity index (χ1) is 11.6. The zero-order valence-electron chi connectivity index (χ0n) is 13.6. The zero-order valence-corrected chi connectivity index (χ0v) is 13.6. The van der Waals surface area contributed by atoms with Crippen LogP contribution in [0.3, 0.4) is 0 Å². The van der Waals surface area contributed by atoms with E-state index in [1.54, 1.807) is 24.0 Å². The summed E-state index contributed by atoms with van der Waals surface area (Å²) in [4.78, 5) is 18.2. The molecular formula is C16H22N4O4. The van der Waals surface area contributed by atoms with E-state index in [1.807, 2.05) is 0 Å². The third-order valence-electron chi connectivity index (χ3n) is 4.19. The largest absolute Gasteiger partial charge is 0.467 e. The number of carbonyl (C=O) groups is 1. The number of furan rings is 1. The Morgan fingerprint density at radius 3 is 3.17 bits per heavy atom. The SMILES string of the molecule is Cc1noc(CCNC(=O)N2CCCC2CC(O)c2ccco2)n1. The third kappa shape index (κ3) is 3.94. The Morgan fingerprint density at radius 1 is 1.58 bits per heavy atom. The minimum atomic E-state index is -0.695. The Bertz CT molecular complexity index is 655. The quantitative estimate of drug-likeness (QED) is 0.835. The average Bonchev–Trinajstić information content (AvgIpc) is 3.28. The molecule has 2 aromatic rings. The minimum Gasteiger partial charge on any atom is -0.467 e. The monoisotopic (exact) mass is 334 g/mol. The lowest BCUT2D eigenvalue weighted by Gasteiger charge is -2.26. The second kappa shape index (κ2) is 7.48. The van der Waals surface area contributed by atoms with Gasteiger partial charge in [-0.25, -0.2) is 4.79 Å². The number of aromatic nitrogens is 2. The second-order valence-corrected chi connectivity index (χ2v) is 5.97. The molecule has 2 N–H and O–H groups in total. The molecule has 3 rings (SSSR count). The number of aliphatic hydroxyl groups excluding tert-OH is 1.